The summed E-state index contributed by atoms with van der Waals surface area (Å²) < 4.78 is 6.57. The van der Waals surface area contributed by atoms with Crippen LogP contribution < -0.4 is 10.5 Å². The van der Waals surface area contributed by atoms with Gasteiger partial charge in [0.05, 0.1) is 12.2 Å². The van der Waals surface area contributed by atoms with E-state index in [1.807, 2.05) is 12.1 Å². The SMILES string of the molecule is CC(C)CCOc1cc(Br)ccc1C(=N)N. The maximum atomic E-state index is 7.45. The second kappa shape index (κ2) is 5.89. The van der Waals surface area contributed by atoms with E-state index in [-0.39, 0.29) is 5.84 Å². The maximum absolute atomic E-state index is 7.45. The first-order valence-electron chi connectivity index (χ1n) is 5.27. The second-order valence-corrected chi connectivity index (χ2v) is 5.00. The quantitative estimate of drug-likeness (QED) is 0.645. The van der Waals surface area contributed by atoms with E-state index in [1.165, 1.54) is 0 Å². The third-order valence-electron chi connectivity index (χ3n) is 2.19. The molecule has 1 rings (SSSR count). The lowest BCUT2D eigenvalue weighted by Crippen LogP contribution is -2.13. The van der Waals surface area contributed by atoms with Crippen LogP contribution in [-0.2, 0) is 0 Å². The highest BCUT2D eigenvalue weighted by atomic mass is 79.9. The largest absolute Gasteiger partial charge is 0.493 e. The first kappa shape index (κ1) is 13.0. The molecule has 0 saturated heterocycles. The molecule has 4 heteroatoms. The van der Waals surface area contributed by atoms with Gasteiger partial charge in [0.2, 0.25) is 0 Å². The number of hydrogen-bond donors (Lipinski definition) is 2. The second-order valence-electron chi connectivity index (χ2n) is 4.09. The lowest BCUT2D eigenvalue weighted by atomic mass is 10.1. The average molecular weight is 285 g/mol. The predicted molar refractivity (Wildman–Crippen MR) is 70.1 cm³/mol. The monoisotopic (exact) mass is 284 g/mol. The van der Waals surface area contributed by atoms with Gasteiger partial charge in [0.25, 0.3) is 0 Å². The van der Waals surface area contributed by atoms with Crippen LogP contribution in [0.3, 0.4) is 0 Å². The van der Waals surface area contributed by atoms with Crippen LogP contribution in [0.5, 0.6) is 5.75 Å². The number of nitrogens with one attached hydrogen (secondary N) is 1. The fourth-order valence-electron chi connectivity index (χ4n) is 1.24. The molecule has 0 spiro atoms. The van der Waals surface area contributed by atoms with Crippen molar-refractivity contribution in [3.8, 4) is 5.75 Å². The van der Waals surface area contributed by atoms with Gasteiger partial charge in [-0.05, 0) is 30.5 Å². The molecule has 1 aromatic rings. The van der Waals surface area contributed by atoms with Crippen molar-refractivity contribution in [2.45, 2.75) is 20.3 Å². The van der Waals surface area contributed by atoms with E-state index >= 15 is 0 Å². The summed E-state index contributed by atoms with van der Waals surface area (Å²) >= 11 is 3.37. The first-order chi connectivity index (χ1) is 7.50. The number of halogens is 1. The number of amidine groups is 1. The Kier molecular flexibility index (Phi) is 4.80. The molecule has 0 heterocycles. The Morgan fingerprint density at radius 1 is 1.50 bits per heavy atom. The van der Waals surface area contributed by atoms with Gasteiger partial charge in [0.1, 0.15) is 11.6 Å². The van der Waals surface area contributed by atoms with Crippen molar-refractivity contribution in [2.75, 3.05) is 6.61 Å². The number of nitrogen functional groups attached to an aromatic ring is 1. The molecule has 16 heavy (non-hydrogen) atoms. The third-order valence-corrected chi connectivity index (χ3v) is 2.68. The summed E-state index contributed by atoms with van der Waals surface area (Å²) in [5.74, 6) is 1.31. The normalized spacial score (nSPS) is 10.5. The highest BCUT2D eigenvalue weighted by Crippen LogP contribution is 2.23. The fourth-order valence-corrected chi connectivity index (χ4v) is 1.58. The smallest absolute Gasteiger partial charge is 0.131 e. The van der Waals surface area contributed by atoms with Gasteiger partial charge in [0, 0.05) is 4.47 Å². The van der Waals surface area contributed by atoms with Crippen LogP contribution >= 0.6 is 15.9 Å². The third kappa shape index (κ3) is 3.85. The van der Waals surface area contributed by atoms with E-state index in [4.69, 9.17) is 15.9 Å². The molecule has 0 aromatic heterocycles. The number of rotatable bonds is 5. The van der Waals surface area contributed by atoms with Crippen LogP contribution in [0.15, 0.2) is 22.7 Å². The van der Waals surface area contributed by atoms with Crippen molar-refractivity contribution in [1.29, 1.82) is 5.41 Å². The molecule has 3 N–H and O–H groups in total. The molecule has 3 nitrogen and oxygen atoms in total. The number of ether oxygens (including phenoxy) is 1. The van der Waals surface area contributed by atoms with Crippen molar-refractivity contribution in [3.05, 3.63) is 28.2 Å². The molecule has 1 aromatic carbocycles. The molecular weight excluding hydrogens is 268 g/mol. The summed E-state index contributed by atoms with van der Waals surface area (Å²) in [4.78, 5) is 0. The van der Waals surface area contributed by atoms with E-state index in [1.54, 1.807) is 6.07 Å². The van der Waals surface area contributed by atoms with Gasteiger partial charge >= 0.3 is 0 Å². The zero-order chi connectivity index (χ0) is 12.1. The molecule has 0 aliphatic heterocycles. The van der Waals surface area contributed by atoms with Crippen LogP contribution in [0.2, 0.25) is 0 Å². The zero-order valence-electron chi connectivity index (χ0n) is 9.59. The van der Waals surface area contributed by atoms with Gasteiger partial charge in [-0.2, -0.15) is 0 Å². The highest BCUT2D eigenvalue weighted by molar-refractivity contribution is 9.10. The molecule has 0 radical (unpaired) electrons. The van der Waals surface area contributed by atoms with Crippen molar-refractivity contribution >= 4 is 21.8 Å². The number of nitrogens with two attached hydrogens (primary N) is 1. The van der Waals surface area contributed by atoms with Crippen molar-refractivity contribution < 1.29 is 4.74 Å². The van der Waals surface area contributed by atoms with E-state index in [9.17, 15) is 0 Å². The summed E-state index contributed by atoms with van der Waals surface area (Å²) in [6.45, 7) is 4.95. The Morgan fingerprint density at radius 2 is 2.19 bits per heavy atom. The summed E-state index contributed by atoms with van der Waals surface area (Å²) in [6, 6.07) is 5.49. The minimum atomic E-state index is 0.0343. The molecule has 0 saturated carbocycles. The van der Waals surface area contributed by atoms with Crippen LogP contribution in [0, 0.1) is 11.3 Å². The van der Waals surface area contributed by atoms with Gasteiger partial charge in [0.15, 0.2) is 0 Å². The molecule has 0 unspecified atom stereocenters. The Hall–Kier alpha value is -1.03. The summed E-state index contributed by atoms with van der Waals surface area (Å²) in [6.07, 6.45) is 0.990. The Balaban J connectivity index is 2.76. The van der Waals surface area contributed by atoms with Crippen molar-refractivity contribution in [3.63, 3.8) is 0 Å². The number of benzene rings is 1. The summed E-state index contributed by atoms with van der Waals surface area (Å²) in [5.41, 5.74) is 6.13. The summed E-state index contributed by atoms with van der Waals surface area (Å²) in [5, 5.41) is 7.45. The minimum absolute atomic E-state index is 0.0343. The molecule has 0 atom stereocenters. The summed E-state index contributed by atoms with van der Waals surface area (Å²) in [7, 11) is 0. The van der Waals surface area contributed by atoms with Crippen molar-refractivity contribution in [1.82, 2.24) is 0 Å². The van der Waals surface area contributed by atoms with Gasteiger partial charge < -0.3 is 10.5 Å². The lowest BCUT2D eigenvalue weighted by molar-refractivity contribution is 0.289. The lowest BCUT2D eigenvalue weighted by Gasteiger charge is -2.12. The van der Waals surface area contributed by atoms with Crippen LogP contribution in [0.4, 0.5) is 0 Å². The van der Waals surface area contributed by atoms with Crippen LogP contribution in [0.25, 0.3) is 0 Å². The van der Waals surface area contributed by atoms with Gasteiger partial charge in [-0.1, -0.05) is 29.8 Å². The topological polar surface area (TPSA) is 59.1 Å². The fraction of sp³-hybridized carbons (Fsp3) is 0.417. The zero-order valence-corrected chi connectivity index (χ0v) is 11.2. The first-order valence-corrected chi connectivity index (χ1v) is 6.06. The van der Waals surface area contributed by atoms with Gasteiger partial charge in [-0.15, -0.1) is 0 Å². The Bertz CT molecular complexity index is 377. The molecule has 0 amide bonds. The molecule has 0 aliphatic carbocycles. The van der Waals surface area contributed by atoms with E-state index in [0.717, 1.165) is 10.9 Å². The van der Waals surface area contributed by atoms with Crippen molar-refractivity contribution in [2.24, 2.45) is 11.7 Å². The average Bonchev–Trinajstić information content (AvgIpc) is 2.16. The van der Waals surface area contributed by atoms with E-state index < -0.39 is 0 Å². The Labute approximate surface area is 105 Å². The predicted octanol–water partition coefficient (Wildman–Crippen LogP) is 3.16. The molecular formula is C12H17BrN2O. The molecule has 88 valence electrons. The van der Waals surface area contributed by atoms with Crippen LogP contribution in [0.1, 0.15) is 25.8 Å². The van der Waals surface area contributed by atoms with E-state index in [2.05, 4.69) is 29.8 Å². The molecule has 0 aliphatic rings. The van der Waals surface area contributed by atoms with Crippen LogP contribution in [-0.4, -0.2) is 12.4 Å². The van der Waals surface area contributed by atoms with Gasteiger partial charge in [-0.3, -0.25) is 5.41 Å². The highest BCUT2D eigenvalue weighted by Gasteiger charge is 2.07. The number of hydrogen-bond acceptors (Lipinski definition) is 2. The molecule has 0 fully saturated rings. The maximum Gasteiger partial charge on any atom is 0.131 e. The van der Waals surface area contributed by atoms with Gasteiger partial charge in [-0.25, -0.2) is 0 Å². The standard InChI is InChI=1S/C12H17BrN2O/c1-8(2)5-6-16-11-7-9(13)3-4-10(11)12(14)15/h3-4,7-8H,5-6H2,1-2H3,(H3,14,15). The minimum Gasteiger partial charge on any atom is -0.493 e. The molecule has 0 bridgehead atoms. The Morgan fingerprint density at radius 3 is 2.75 bits per heavy atom. The van der Waals surface area contributed by atoms with E-state index in [0.29, 0.717) is 23.8 Å².